The number of hydrogen-bond donors (Lipinski definition) is 1. The van der Waals surface area contributed by atoms with Gasteiger partial charge in [-0.1, -0.05) is 6.07 Å². The van der Waals surface area contributed by atoms with Crippen LogP contribution in [0.2, 0.25) is 0 Å². The van der Waals surface area contributed by atoms with Gasteiger partial charge in [0.25, 0.3) is 5.91 Å². The summed E-state index contributed by atoms with van der Waals surface area (Å²) >= 11 is 0. The second kappa shape index (κ2) is 5.27. The van der Waals surface area contributed by atoms with E-state index in [-0.39, 0.29) is 11.3 Å². The lowest BCUT2D eigenvalue weighted by Crippen LogP contribution is -2.13. The number of nitrogens with zero attached hydrogens (tertiary/aromatic N) is 2. The first-order chi connectivity index (χ1) is 9.11. The van der Waals surface area contributed by atoms with Gasteiger partial charge in [-0.15, -0.1) is 0 Å². The zero-order valence-electron chi connectivity index (χ0n) is 10.1. The van der Waals surface area contributed by atoms with Crippen molar-refractivity contribution in [3.63, 3.8) is 0 Å². The maximum atomic E-state index is 13.4. The van der Waals surface area contributed by atoms with Crippen molar-refractivity contribution < 1.29 is 9.18 Å². The highest BCUT2D eigenvalue weighted by Gasteiger charge is 2.12. The largest absolute Gasteiger partial charge is 0.321 e. The molecule has 0 radical (unpaired) electrons. The lowest BCUT2D eigenvalue weighted by Gasteiger charge is -2.07. The molecule has 19 heavy (non-hydrogen) atoms. The third kappa shape index (κ3) is 2.75. The van der Waals surface area contributed by atoms with E-state index in [9.17, 15) is 9.18 Å². The van der Waals surface area contributed by atoms with Crippen LogP contribution < -0.4 is 5.32 Å². The van der Waals surface area contributed by atoms with Crippen LogP contribution in [0, 0.1) is 24.1 Å². The topological polar surface area (TPSA) is 65.8 Å². The number of nitrogens with one attached hydrogen (secondary N) is 1. The molecular weight excluding hydrogens is 245 g/mol. The Morgan fingerprint density at radius 2 is 2.21 bits per heavy atom. The number of aromatic nitrogens is 1. The van der Waals surface area contributed by atoms with E-state index in [0.717, 1.165) is 0 Å². The van der Waals surface area contributed by atoms with E-state index < -0.39 is 11.7 Å². The summed E-state index contributed by atoms with van der Waals surface area (Å²) in [6.07, 6.45) is 1.51. The number of anilines is 1. The van der Waals surface area contributed by atoms with Gasteiger partial charge in [0.15, 0.2) is 0 Å². The molecule has 0 aliphatic rings. The van der Waals surface area contributed by atoms with Gasteiger partial charge in [-0.2, -0.15) is 5.26 Å². The van der Waals surface area contributed by atoms with Crippen molar-refractivity contribution in [2.45, 2.75) is 6.92 Å². The molecule has 1 aromatic heterocycles. The number of hydrogen-bond acceptors (Lipinski definition) is 3. The molecular formula is C14H10FN3O. The number of amides is 1. The molecule has 0 unspecified atom stereocenters. The number of rotatable bonds is 2. The molecule has 1 N–H and O–H groups in total. The summed E-state index contributed by atoms with van der Waals surface area (Å²) < 4.78 is 13.4. The van der Waals surface area contributed by atoms with E-state index in [1.54, 1.807) is 25.1 Å². The lowest BCUT2D eigenvalue weighted by molar-refractivity contribution is 0.102. The summed E-state index contributed by atoms with van der Waals surface area (Å²) in [5.41, 5.74) is 1.08. The quantitative estimate of drug-likeness (QED) is 0.897. The molecule has 0 bridgehead atoms. The van der Waals surface area contributed by atoms with Crippen LogP contribution in [0.15, 0.2) is 36.5 Å². The Morgan fingerprint density at radius 3 is 2.89 bits per heavy atom. The molecule has 1 heterocycles. The third-order valence-electron chi connectivity index (χ3n) is 2.53. The smallest absolute Gasteiger partial charge is 0.255 e. The van der Waals surface area contributed by atoms with E-state index in [1.165, 1.54) is 24.4 Å². The average Bonchev–Trinajstić information content (AvgIpc) is 2.39. The van der Waals surface area contributed by atoms with E-state index in [4.69, 9.17) is 5.26 Å². The molecule has 0 atom stereocenters. The van der Waals surface area contributed by atoms with E-state index in [2.05, 4.69) is 10.3 Å². The van der Waals surface area contributed by atoms with Gasteiger partial charge in [-0.05, 0) is 31.2 Å². The van der Waals surface area contributed by atoms with E-state index in [1.807, 2.05) is 0 Å². The van der Waals surface area contributed by atoms with Gasteiger partial charge in [0.05, 0.1) is 5.69 Å². The molecule has 0 aliphatic carbocycles. The number of pyridine rings is 1. The summed E-state index contributed by atoms with van der Waals surface area (Å²) in [7, 11) is 0. The highest BCUT2D eigenvalue weighted by molar-refractivity contribution is 6.04. The molecule has 1 aromatic carbocycles. The summed E-state index contributed by atoms with van der Waals surface area (Å²) in [4.78, 5) is 16.0. The van der Waals surface area contributed by atoms with Gasteiger partial charge < -0.3 is 5.32 Å². The van der Waals surface area contributed by atoms with Crippen LogP contribution in [-0.4, -0.2) is 10.9 Å². The van der Waals surface area contributed by atoms with Crippen molar-refractivity contribution in [3.05, 3.63) is 59.2 Å². The lowest BCUT2D eigenvalue weighted by atomic mass is 10.1. The Bertz CT molecular complexity index is 677. The fourth-order valence-corrected chi connectivity index (χ4v) is 1.62. The molecule has 0 aliphatic heterocycles. The Morgan fingerprint density at radius 1 is 1.42 bits per heavy atom. The summed E-state index contributed by atoms with van der Waals surface area (Å²) in [5.74, 6) is -1.07. The molecule has 4 nitrogen and oxygen atoms in total. The number of benzene rings is 1. The predicted molar refractivity (Wildman–Crippen MR) is 68.0 cm³/mol. The molecule has 2 rings (SSSR count). The van der Waals surface area contributed by atoms with Gasteiger partial charge in [-0.25, -0.2) is 4.39 Å². The molecule has 0 saturated carbocycles. The minimum atomic E-state index is -0.661. The number of carbonyl (C=O) groups is 1. The van der Waals surface area contributed by atoms with Crippen LogP contribution in [0.3, 0.4) is 0 Å². The van der Waals surface area contributed by atoms with Gasteiger partial charge >= 0.3 is 0 Å². The summed E-state index contributed by atoms with van der Waals surface area (Å²) in [6, 6.07) is 8.98. The molecule has 94 valence electrons. The van der Waals surface area contributed by atoms with Gasteiger partial charge in [-0.3, -0.25) is 9.78 Å². The highest BCUT2D eigenvalue weighted by atomic mass is 19.1. The first kappa shape index (κ1) is 12.7. The molecule has 1 amide bonds. The van der Waals surface area contributed by atoms with Gasteiger partial charge in [0.2, 0.25) is 0 Å². The molecule has 0 saturated heterocycles. The van der Waals surface area contributed by atoms with Crippen LogP contribution >= 0.6 is 0 Å². The Balaban J connectivity index is 2.30. The minimum Gasteiger partial charge on any atom is -0.321 e. The normalized spacial score (nSPS) is 9.74. The predicted octanol–water partition coefficient (Wildman–Crippen LogP) is 2.65. The number of aryl methyl sites for hydroxylation is 1. The van der Waals surface area contributed by atoms with Crippen LogP contribution in [-0.2, 0) is 0 Å². The summed E-state index contributed by atoms with van der Waals surface area (Å²) in [6.45, 7) is 1.76. The molecule has 0 spiro atoms. The van der Waals surface area contributed by atoms with Crippen LogP contribution in [0.5, 0.6) is 0 Å². The fraction of sp³-hybridized carbons (Fsp3) is 0.0714. The Kier molecular flexibility index (Phi) is 3.53. The number of carbonyl (C=O) groups excluding carboxylic acids is 1. The van der Waals surface area contributed by atoms with Crippen molar-refractivity contribution in [3.8, 4) is 6.07 Å². The third-order valence-corrected chi connectivity index (χ3v) is 2.53. The maximum absolute atomic E-state index is 13.4. The van der Waals surface area contributed by atoms with Gasteiger partial charge in [0.1, 0.15) is 17.4 Å². The zero-order valence-corrected chi connectivity index (χ0v) is 10.1. The van der Waals surface area contributed by atoms with Crippen molar-refractivity contribution in [1.82, 2.24) is 4.98 Å². The van der Waals surface area contributed by atoms with Crippen molar-refractivity contribution >= 4 is 11.6 Å². The molecule has 2 aromatic rings. The van der Waals surface area contributed by atoms with Crippen LogP contribution in [0.4, 0.5) is 10.1 Å². The average molecular weight is 255 g/mol. The first-order valence-electron chi connectivity index (χ1n) is 5.54. The fourth-order valence-electron chi connectivity index (χ4n) is 1.62. The van der Waals surface area contributed by atoms with Crippen molar-refractivity contribution in [2.24, 2.45) is 0 Å². The second-order valence-electron chi connectivity index (χ2n) is 3.91. The van der Waals surface area contributed by atoms with E-state index in [0.29, 0.717) is 11.3 Å². The Hall–Kier alpha value is -2.74. The monoisotopic (exact) mass is 255 g/mol. The Labute approximate surface area is 109 Å². The van der Waals surface area contributed by atoms with Crippen LogP contribution in [0.1, 0.15) is 21.6 Å². The summed E-state index contributed by atoms with van der Waals surface area (Å²) in [5, 5.41) is 11.4. The van der Waals surface area contributed by atoms with Crippen molar-refractivity contribution in [2.75, 3.05) is 5.32 Å². The highest BCUT2D eigenvalue weighted by Crippen LogP contribution is 2.18. The van der Waals surface area contributed by atoms with Crippen LogP contribution in [0.25, 0.3) is 0 Å². The zero-order chi connectivity index (χ0) is 13.8. The second-order valence-corrected chi connectivity index (χ2v) is 3.91. The first-order valence-corrected chi connectivity index (χ1v) is 5.54. The number of nitriles is 1. The molecule has 0 fully saturated rings. The SMILES string of the molecule is Cc1cc(C(=O)Nc2cccc(F)c2C#N)ccn1. The molecule has 5 heteroatoms. The van der Waals surface area contributed by atoms with Gasteiger partial charge in [0, 0.05) is 17.5 Å². The van der Waals surface area contributed by atoms with Crippen molar-refractivity contribution in [1.29, 1.82) is 5.26 Å². The maximum Gasteiger partial charge on any atom is 0.255 e. The minimum absolute atomic E-state index is 0.155. The standard InChI is InChI=1S/C14H10FN3O/c1-9-7-10(5-6-17-9)14(19)18-13-4-2-3-12(15)11(13)8-16/h2-7H,1H3,(H,18,19). The number of halogens is 1. The van der Waals surface area contributed by atoms with E-state index >= 15 is 0 Å².